The minimum absolute atomic E-state index is 0.0512. The van der Waals surface area contributed by atoms with Crippen LogP contribution in [0.15, 0.2) is 36.7 Å². The maximum absolute atomic E-state index is 12.3. The van der Waals surface area contributed by atoms with E-state index in [0.29, 0.717) is 13.1 Å². The van der Waals surface area contributed by atoms with Gasteiger partial charge in [0.1, 0.15) is 12.2 Å². The zero-order valence-electron chi connectivity index (χ0n) is 13.4. The number of anilines is 1. The van der Waals surface area contributed by atoms with E-state index in [4.69, 9.17) is 0 Å². The summed E-state index contributed by atoms with van der Waals surface area (Å²) in [7, 11) is 3.72. The normalized spacial score (nSPS) is 10.9. The first-order valence-corrected chi connectivity index (χ1v) is 7.48. The van der Waals surface area contributed by atoms with Crippen LogP contribution >= 0.6 is 0 Å². The average molecular weight is 301 g/mol. The lowest BCUT2D eigenvalue weighted by molar-refractivity contribution is -0.119. The fourth-order valence-electron chi connectivity index (χ4n) is 2.26. The summed E-state index contributed by atoms with van der Waals surface area (Å²) in [5, 5.41) is 8.08. The van der Waals surface area contributed by atoms with Crippen molar-refractivity contribution in [2.45, 2.75) is 26.4 Å². The van der Waals surface area contributed by atoms with E-state index >= 15 is 0 Å². The second-order valence-corrected chi connectivity index (χ2v) is 5.40. The molecule has 1 aromatic heterocycles. The Bertz CT molecular complexity index is 596. The van der Waals surface area contributed by atoms with Crippen molar-refractivity contribution in [1.29, 1.82) is 0 Å². The standard InChI is InChI=1S/C16H23N5O/c1-4-10-21-13-17-18-15(21)11-19(2)12-16(22)20(3)14-8-6-5-7-9-14/h5-9,13H,4,10-12H2,1-3H3. The van der Waals surface area contributed by atoms with Crippen LogP contribution in [0.5, 0.6) is 0 Å². The molecule has 2 aromatic rings. The van der Waals surface area contributed by atoms with E-state index in [2.05, 4.69) is 17.1 Å². The molecule has 0 fully saturated rings. The molecule has 0 bridgehead atoms. The third-order valence-corrected chi connectivity index (χ3v) is 3.49. The van der Waals surface area contributed by atoms with Gasteiger partial charge in [-0.1, -0.05) is 25.1 Å². The van der Waals surface area contributed by atoms with Crippen LogP contribution < -0.4 is 4.90 Å². The first kappa shape index (κ1) is 16.2. The lowest BCUT2D eigenvalue weighted by Gasteiger charge is -2.21. The van der Waals surface area contributed by atoms with Crippen LogP contribution in [0, 0.1) is 0 Å². The average Bonchev–Trinajstić information content (AvgIpc) is 2.94. The molecule has 0 N–H and O–H groups in total. The number of rotatable bonds is 7. The summed E-state index contributed by atoms with van der Waals surface area (Å²) in [5.74, 6) is 0.940. The fraction of sp³-hybridized carbons (Fsp3) is 0.438. The maximum Gasteiger partial charge on any atom is 0.240 e. The van der Waals surface area contributed by atoms with Crippen molar-refractivity contribution >= 4 is 11.6 Å². The van der Waals surface area contributed by atoms with Gasteiger partial charge >= 0.3 is 0 Å². The largest absolute Gasteiger partial charge is 0.317 e. The number of hydrogen-bond acceptors (Lipinski definition) is 4. The van der Waals surface area contributed by atoms with Crippen molar-refractivity contribution < 1.29 is 4.79 Å². The number of aryl methyl sites for hydroxylation is 1. The molecule has 1 heterocycles. The zero-order valence-corrected chi connectivity index (χ0v) is 13.4. The Morgan fingerprint density at radius 2 is 1.95 bits per heavy atom. The van der Waals surface area contributed by atoms with E-state index in [1.165, 1.54) is 0 Å². The van der Waals surface area contributed by atoms with E-state index in [0.717, 1.165) is 24.5 Å². The number of amides is 1. The Kier molecular flexibility index (Phi) is 5.66. The predicted molar refractivity (Wildman–Crippen MR) is 86.5 cm³/mol. The number of carbonyl (C=O) groups excluding carboxylic acids is 1. The highest BCUT2D eigenvalue weighted by Gasteiger charge is 2.15. The lowest BCUT2D eigenvalue weighted by Crippen LogP contribution is -2.36. The van der Waals surface area contributed by atoms with Gasteiger partial charge in [0, 0.05) is 19.3 Å². The molecule has 0 aliphatic rings. The van der Waals surface area contributed by atoms with Crippen LogP contribution in [0.2, 0.25) is 0 Å². The summed E-state index contributed by atoms with van der Waals surface area (Å²) in [6.45, 7) is 3.96. The van der Waals surface area contributed by atoms with Crippen LogP contribution in [0.25, 0.3) is 0 Å². The summed E-state index contributed by atoms with van der Waals surface area (Å²) in [4.78, 5) is 16.0. The first-order valence-electron chi connectivity index (χ1n) is 7.48. The van der Waals surface area contributed by atoms with Crippen molar-refractivity contribution in [1.82, 2.24) is 19.7 Å². The molecule has 6 nitrogen and oxygen atoms in total. The Balaban J connectivity index is 1.92. The zero-order chi connectivity index (χ0) is 15.9. The van der Waals surface area contributed by atoms with Crippen molar-refractivity contribution in [2.75, 3.05) is 25.5 Å². The highest BCUT2D eigenvalue weighted by molar-refractivity contribution is 5.94. The number of nitrogens with zero attached hydrogens (tertiary/aromatic N) is 5. The minimum Gasteiger partial charge on any atom is -0.317 e. The van der Waals surface area contributed by atoms with Gasteiger partial charge in [0.15, 0.2) is 0 Å². The van der Waals surface area contributed by atoms with Crippen LogP contribution in [0.1, 0.15) is 19.2 Å². The molecule has 118 valence electrons. The number of carbonyl (C=O) groups is 1. The quantitative estimate of drug-likeness (QED) is 0.782. The van der Waals surface area contributed by atoms with Gasteiger partial charge in [-0.05, 0) is 25.6 Å². The summed E-state index contributed by atoms with van der Waals surface area (Å²) in [5.41, 5.74) is 0.898. The topological polar surface area (TPSA) is 54.3 Å². The summed E-state index contributed by atoms with van der Waals surface area (Å²) >= 11 is 0. The first-order chi connectivity index (χ1) is 10.6. The smallest absolute Gasteiger partial charge is 0.240 e. The molecule has 0 aliphatic heterocycles. The summed E-state index contributed by atoms with van der Waals surface area (Å²) < 4.78 is 2.03. The molecule has 1 aromatic carbocycles. The van der Waals surface area contributed by atoms with E-state index in [1.54, 1.807) is 18.3 Å². The van der Waals surface area contributed by atoms with Crippen molar-refractivity contribution in [3.63, 3.8) is 0 Å². The monoisotopic (exact) mass is 301 g/mol. The van der Waals surface area contributed by atoms with Crippen molar-refractivity contribution in [2.24, 2.45) is 0 Å². The number of likely N-dealkylation sites (N-methyl/N-ethyl adjacent to an activating group) is 2. The Morgan fingerprint density at radius 1 is 1.23 bits per heavy atom. The Labute approximate surface area is 131 Å². The third kappa shape index (κ3) is 4.14. The molecule has 6 heteroatoms. The van der Waals surface area contributed by atoms with Gasteiger partial charge in [0.25, 0.3) is 0 Å². The lowest BCUT2D eigenvalue weighted by atomic mass is 10.3. The molecule has 0 unspecified atom stereocenters. The van der Waals surface area contributed by atoms with Crippen LogP contribution in [-0.4, -0.2) is 46.2 Å². The highest BCUT2D eigenvalue weighted by atomic mass is 16.2. The predicted octanol–water partition coefficient (Wildman–Crippen LogP) is 1.78. The van der Waals surface area contributed by atoms with Gasteiger partial charge in [-0.15, -0.1) is 10.2 Å². The van der Waals surface area contributed by atoms with Crippen molar-refractivity contribution in [3.8, 4) is 0 Å². The van der Waals surface area contributed by atoms with Gasteiger partial charge in [-0.25, -0.2) is 0 Å². The van der Waals surface area contributed by atoms with Gasteiger partial charge in [-0.2, -0.15) is 0 Å². The van der Waals surface area contributed by atoms with Gasteiger partial charge in [0.2, 0.25) is 5.91 Å². The third-order valence-electron chi connectivity index (χ3n) is 3.49. The van der Waals surface area contributed by atoms with Crippen LogP contribution in [0.4, 0.5) is 5.69 Å². The molecule has 0 atom stereocenters. The Hall–Kier alpha value is -2.21. The second kappa shape index (κ2) is 7.70. The molecule has 0 radical (unpaired) electrons. The highest BCUT2D eigenvalue weighted by Crippen LogP contribution is 2.11. The molecule has 0 saturated heterocycles. The summed E-state index contributed by atoms with van der Waals surface area (Å²) in [6.07, 6.45) is 2.77. The van der Waals surface area contributed by atoms with E-state index in [9.17, 15) is 4.79 Å². The minimum atomic E-state index is 0.0512. The van der Waals surface area contributed by atoms with Gasteiger partial charge in [-0.3, -0.25) is 9.69 Å². The molecule has 0 spiro atoms. The number of para-hydroxylation sites is 1. The molecule has 0 aliphatic carbocycles. The fourth-order valence-corrected chi connectivity index (χ4v) is 2.26. The van der Waals surface area contributed by atoms with E-state index < -0.39 is 0 Å². The maximum atomic E-state index is 12.3. The van der Waals surface area contributed by atoms with E-state index in [1.807, 2.05) is 46.8 Å². The van der Waals surface area contributed by atoms with Crippen LogP contribution in [-0.2, 0) is 17.9 Å². The molecule has 2 rings (SSSR count). The number of benzene rings is 1. The number of hydrogen-bond donors (Lipinski definition) is 0. The van der Waals surface area contributed by atoms with E-state index in [-0.39, 0.29) is 5.91 Å². The molecule has 22 heavy (non-hydrogen) atoms. The number of aromatic nitrogens is 3. The SMILES string of the molecule is CCCn1cnnc1CN(C)CC(=O)N(C)c1ccccc1. The molecular weight excluding hydrogens is 278 g/mol. The van der Waals surface area contributed by atoms with Crippen molar-refractivity contribution in [3.05, 3.63) is 42.5 Å². The molecule has 0 saturated carbocycles. The van der Waals surface area contributed by atoms with Gasteiger partial charge in [0.05, 0.1) is 13.1 Å². The second-order valence-electron chi connectivity index (χ2n) is 5.40. The molecular formula is C16H23N5O. The summed E-state index contributed by atoms with van der Waals surface area (Å²) in [6, 6.07) is 9.64. The van der Waals surface area contributed by atoms with Crippen LogP contribution in [0.3, 0.4) is 0 Å². The van der Waals surface area contributed by atoms with Gasteiger partial charge < -0.3 is 9.47 Å². The Morgan fingerprint density at radius 3 is 2.64 bits per heavy atom. The molecule has 1 amide bonds.